The van der Waals surface area contributed by atoms with Gasteiger partial charge in [-0.05, 0) is 73.0 Å². The lowest BCUT2D eigenvalue weighted by Crippen LogP contribution is -2.78. The molecule has 12 atom stereocenters. The predicted octanol–water partition coefficient (Wildman–Crippen LogP) is 4.13. The summed E-state index contributed by atoms with van der Waals surface area (Å²) in [4.78, 5) is 30.7. The van der Waals surface area contributed by atoms with Crippen molar-refractivity contribution in [1.29, 1.82) is 0 Å². The highest BCUT2D eigenvalue weighted by Gasteiger charge is 2.78. The number of carbonyl (C=O) groups excluding carboxylic acids is 2. The Morgan fingerprint density at radius 3 is 2.59 bits per heavy atom. The van der Waals surface area contributed by atoms with Crippen molar-refractivity contribution in [2.45, 2.75) is 104 Å². The van der Waals surface area contributed by atoms with Crippen LogP contribution in [0.1, 0.15) is 79.6 Å². The molecule has 3 saturated heterocycles. The fourth-order valence-electron chi connectivity index (χ4n) is 11.3. The molecule has 0 aromatic carbocycles. The smallest absolute Gasteiger partial charge is 0.140 e. The number of aliphatic hydroxyl groups is 1. The second-order valence-electron chi connectivity index (χ2n) is 14.3. The molecule has 7 rings (SSSR count). The minimum absolute atomic E-state index is 0.00377. The molecule has 3 aliphatic heterocycles. The third kappa shape index (κ3) is 2.34. The molecule has 186 valence electrons. The Morgan fingerprint density at radius 2 is 1.82 bits per heavy atom. The molecular formula is C29H41NO4. The highest BCUT2D eigenvalue weighted by molar-refractivity contribution is 5.89. The molecule has 1 N–H and O–H groups in total. The van der Waals surface area contributed by atoms with Crippen LogP contribution in [0.3, 0.4) is 0 Å². The van der Waals surface area contributed by atoms with Gasteiger partial charge < -0.3 is 9.84 Å². The second kappa shape index (κ2) is 6.44. The normalized spacial score (nSPS) is 60.2. The molecule has 0 amide bonds. The molecule has 1 spiro atoms. The number of hydrogen-bond acceptors (Lipinski definition) is 5. The molecule has 3 saturated carbocycles. The third-order valence-electron chi connectivity index (χ3n) is 12.6. The van der Waals surface area contributed by atoms with E-state index in [1.807, 2.05) is 6.08 Å². The maximum Gasteiger partial charge on any atom is 0.140 e. The van der Waals surface area contributed by atoms with Crippen LogP contribution in [-0.4, -0.2) is 52.1 Å². The Bertz CT molecular complexity index is 1020. The average molecular weight is 468 g/mol. The molecule has 5 heteroatoms. The summed E-state index contributed by atoms with van der Waals surface area (Å²) in [6, 6.07) is 0.313. The summed E-state index contributed by atoms with van der Waals surface area (Å²) in [5.41, 5.74) is 0.170. The van der Waals surface area contributed by atoms with Crippen molar-refractivity contribution in [2.24, 2.45) is 45.8 Å². The number of allylic oxidation sites excluding steroid dienone is 1. The summed E-state index contributed by atoms with van der Waals surface area (Å²) in [6.07, 6.45) is 7.46. The highest BCUT2D eigenvalue weighted by atomic mass is 16.5. The lowest BCUT2D eigenvalue weighted by atomic mass is 9.33. The number of Topliss-reactive ketones (excluding diaryl/α,β-unsaturated/α-hetero) is 2. The van der Waals surface area contributed by atoms with Gasteiger partial charge in [0.25, 0.3) is 0 Å². The summed E-state index contributed by atoms with van der Waals surface area (Å²) >= 11 is 0. The number of ether oxygens (including phenoxy) is 1. The molecule has 3 heterocycles. The first kappa shape index (κ1) is 22.2. The van der Waals surface area contributed by atoms with Crippen LogP contribution in [0.5, 0.6) is 0 Å². The van der Waals surface area contributed by atoms with E-state index in [1.165, 1.54) is 5.57 Å². The van der Waals surface area contributed by atoms with Crippen molar-refractivity contribution in [2.75, 3.05) is 6.54 Å². The minimum Gasteiger partial charge on any atom is -0.389 e. The van der Waals surface area contributed by atoms with Gasteiger partial charge in [-0.1, -0.05) is 39.3 Å². The standard InChI is InChI=1S/C29H41NO4/c1-15-7-19-18(21(31)8-15)9-22(32)25-26(19,3)13-24-27(4)11-20(23(33)12-28(25,27)5)29-10-16(2)6-17(34-29)14-30(24)29/h8,16-21,24-25,31H,6-7,9-14H2,1-5H3/t16-,17+,18+,19-,20+,21-,24?,25-,26-,27+,28-,29+/m0/s1. The number of fused-ring (bicyclic) bond motifs is 7. The Labute approximate surface area is 203 Å². The van der Waals surface area contributed by atoms with Crippen LogP contribution in [0.4, 0.5) is 0 Å². The van der Waals surface area contributed by atoms with Gasteiger partial charge in [0.2, 0.25) is 0 Å². The lowest BCUT2D eigenvalue weighted by molar-refractivity contribution is -0.291. The largest absolute Gasteiger partial charge is 0.389 e. The molecule has 34 heavy (non-hydrogen) atoms. The summed E-state index contributed by atoms with van der Waals surface area (Å²) in [5, 5.41) is 11.0. The number of nitrogens with zero attached hydrogens (tertiary/aromatic N) is 1. The number of aliphatic hydroxyl groups excluding tert-OH is 1. The van der Waals surface area contributed by atoms with E-state index in [9.17, 15) is 14.7 Å². The van der Waals surface area contributed by atoms with E-state index in [1.54, 1.807) is 0 Å². The Hall–Kier alpha value is -1.04. The molecule has 6 fully saturated rings. The zero-order valence-corrected chi connectivity index (χ0v) is 21.5. The molecule has 5 nitrogen and oxygen atoms in total. The molecule has 4 bridgehead atoms. The van der Waals surface area contributed by atoms with Gasteiger partial charge in [0, 0.05) is 31.3 Å². The van der Waals surface area contributed by atoms with Crippen LogP contribution in [0.25, 0.3) is 0 Å². The van der Waals surface area contributed by atoms with Gasteiger partial charge in [0.05, 0.1) is 18.1 Å². The zero-order chi connectivity index (χ0) is 24.0. The van der Waals surface area contributed by atoms with Crippen molar-refractivity contribution < 1.29 is 19.4 Å². The first-order valence-electron chi connectivity index (χ1n) is 13.8. The summed E-state index contributed by atoms with van der Waals surface area (Å²) in [5.74, 6) is 1.32. The molecule has 4 aliphatic carbocycles. The molecule has 0 aromatic heterocycles. The monoisotopic (exact) mass is 467 g/mol. The van der Waals surface area contributed by atoms with Crippen LogP contribution < -0.4 is 0 Å². The Kier molecular flexibility index (Phi) is 4.20. The first-order valence-corrected chi connectivity index (χ1v) is 13.8. The van der Waals surface area contributed by atoms with E-state index < -0.39 is 11.8 Å². The molecule has 7 aliphatic rings. The van der Waals surface area contributed by atoms with E-state index in [2.05, 4.69) is 39.5 Å². The van der Waals surface area contributed by atoms with Crippen molar-refractivity contribution >= 4 is 11.6 Å². The average Bonchev–Trinajstić information content (AvgIpc) is 3.00. The molecule has 1 unspecified atom stereocenters. The van der Waals surface area contributed by atoms with Gasteiger partial charge in [-0.15, -0.1) is 0 Å². The number of carbonyl (C=O) groups is 2. The summed E-state index contributed by atoms with van der Waals surface area (Å²) < 4.78 is 6.80. The van der Waals surface area contributed by atoms with Crippen LogP contribution in [0.15, 0.2) is 11.6 Å². The van der Waals surface area contributed by atoms with Crippen molar-refractivity contribution in [3.05, 3.63) is 11.6 Å². The summed E-state index contributed by atoms with van der Waals surface area (Å²) in [6.45, 7) is 12.4. The van der Waals surface area contributed by atoms with Gasteiger partial charge in [-0.2, -0.15) is 0 Å². The van der Waals surface area contributed by atoms with Gasteiger partial charge in [0.15, 0.2) is 0 Å². The number of rotatable bonds is 0. The zero-order valence-electron chi connectivity index (χ0n) is 21.5. The lowest BCUT2D eigenvalue weighted by Gasteiger charge is -2.74. The van der Waals surface area contributed by atoms with Crippen LogP contribution in [0, 0.1) is 45.8 Å². The fraction of sp³-hybridized carbons (Fsp3) is 0.862. The number of ketones is 2. The van der Waals surface area contributed by atoms with Crippen LogP contribution >= 0.6 is 0 Å². The number of hydrogen-bond donors (Lipinski definition) is 1. The van der Waals surface area contributed by atoms with Crippen molar-refractivity contribution in [1.82, 2.24) is 4.90 Å². The second-order valence-corrected chi connectivity index (χ2v) is 14.3. The fourth-order valence-corrected chi connectivity index (χ4v) is 11.3. The topological polar surface area (TPSA) is 66.8 Å². The molecule has 0 aromatic rings. The van der Waals surface area contributed by atoms with E-state index in [0.717, 1.165) is 38.6 Å². The van der Waals surface area contributed by atoms with E-state index in [4.69, 9.17) is 4.74 Å². The first-order chi connectivity index (χ1) is 15.9. The predicted molar refractivity (Wildman–Crippen MR) is 128 cm³/mol. The minimum atomic E-state index is -0.535. The SMILES string of the molecule is CC1=C[C@H](O)[C@@H]2CC(=O)[C@H]3[C@@](C)(CC4N5C[C@H]6C[C@H](C)C[C@@]5(O6)[C@@H]5C[C@@]4(C)[C@@]3(C)CC5=O)[C@H]2C1. The van der Waals surface area contributed by atoms with Crippen molar-refractivity contribution in [3.63, 3.8) is 0 Å². The van der Waals surface area contributed by atoms with E-state index in [0.29, 0.717) is 36.4 Å². The Balaban J connectivity index is 1.41. The van der Waals surface area contributed by atoms with Gasteiger partial charge in [-0.25, -0.2) is 0 Å². The maximum atomic E-state index is 14.0. The Morgan fingerprint density at radius 1 is 1.06 bits per heavy atom. The van der Waals surface area contributed by atoms with Gasteiger partial charge >= 0.3 is 0 Å². The van der Waals surface area contributed by atoms with Crippen LogP contribution in [-0.2, 0) is 14.3 Å². The molecule has 0 radical (unpaired) electrons. The third-order valence-corrected chi connectivity index (χ3v) is 12.6. The molecular weight excluding hydrogens is 426 g/mol. The van der Waals surface area contributed by atoms with E-state index in [-0.39, 0.29) is 46.0 Å². The highest BCUT2D eigenvalue weighted by Crippen LogP contribution is 2.75. The van der Waals surface area contributed by atoms with Crippen molar-refractivity contribution in [3.8, 4) is 0 Å². The van der Waals surface area contributed by atoms with E-state index >= 15 is 0 Å². The van der Waals surface area contributed by atoms with Crippen LogP contribution in [0.2, 0.25) is 0 Å². The van der Waals surface area contributed by atoms with Gasteiger partial charge in [-0.3, -0.25) is 14.5 Å². The quantitative estimate of drug-likeness (QED) is 0.543. The maximum absolute atomic E-state index is 14.0. The number of piperidine rings is 1. The summed E-state index contributed by atoms with van der Waals surface area (Å²) in [7, 11) is 0. The van der Waals surface area contributed by atoms with Gasteiger partial charge in [0.1, 0.15) is 17.3 Å².